The highest BCUT2D eigenvalue weighted by molar-refractivity contribution is 5.31. The highest BCUT2D eigenvalue weighted by Gasteiger charge is 1.94. The van der Waals surface area contributed by atoms with E-state index in [4.69, 9.17) is 0 Å². The van der Waals surface area contributed by atoms with Crippen molar-refractivity contribution in [3.8, 4) is 0 Å². The number of hydrogen-bond donors (Lipinski definition) is 0. The fourth-order valence-corrected chi connectivity index (χ4v) is 1.70. The molecule has 0 nitrogen and oxygen atoms in total. The lowest BCUT2D eigenvalue weighted by Gasteiger charge is -2.02. The van der Waals surface area contributed by atoms with Gasteiger partial charge in [0.05, 0.1) is 0 Å². The Morgan fingerprint density at radius 1 is 1.19 bits per heavy atom. The first-order valence-corrected chi connectivity index (χ1v) is 6.05. The lowest BCUT2D eigenvalue weighted by Crippen LogP contribution is -1.86. The highest BCUT2D eigenvalue weighted by atomic mass is 14.0. The zero-order valence-electron chi connectivity index (χ0n) is 10.9. The fraction of sp³-hybridized carbons (Fsp3) is 0.375. The Morgan fingerprint density at radius 3 is 2.50 bits per heavy atom. The first-order chi connectivity index (χ1) is 7.67. The summed E-state index contributed by atoms with van der Waals surface area (Å²) in [6, 6.07) is 6.70. The van der Waals surface area contributed by atoms with Crippen LogP contribution in [0.3, 0.4) is 0 Å². The minimum Gasteiger partial charge on any atom is -0.0845 e. The van der Waals surface area contributed by atoms with Gasteiger partial charge in [-0.2, -0.15) is 0 Å². The zero-order chi connectivity index (χ0) is 12.0. The Balaban J connectivity index is 2.64. The number of aryl methyl sites for hydroxylation is 2. The maximum Gasteiger partial charge on any atom is -0.00941 e. The van der Waals surface area contributed by atoms with Crippen molar-refractivity contribution >= 4 is 0 Å². The van der Waals surface area contributed by atoms with Crippen molar-refractivity contribution in [3.63, 3.8) is 0 Å². The molecule has 0 fully saturated rings. The predicted octanol–water partition coefficient (Wildman–Crippen LogP) is 4.76. The second-order valence-electron chi connectivity index (χ2n) is 4.24. The molecule has 0 amide bonds. The first-order valence-electron chi connectivity index (χ1n) is 6.05. The lowest BCUT2D eigenvalue weighted by molar-refractivity contribution is 1.13. The van der Waals surface area contributed by atoms with Gasteiger partial charge in [-0.05, 0) is 50.3 Å². The highest BCUT2D eigenvalue weighted by Crippen LogP contribution is 2.11. The van der Waals surface area contributed by atoms with Gasteiger partial charge in [-0.3, -0.25) is 0 Å². The molecule has 16 heavy (non-hydrogen) atoms. The molecular formula is C16H22. The van der Waals surface area contributed by atoms with E-state index in [1.165, 1.54) is 22.3 Å². The summed E-state index contributed by atoms with van der Waals surface area (Å²) in [5, 5.41) is 0. The van der Waals surface area contributed by atoms with E-state index in [2.05, 4.69) is 64.1 Å². The molecule has 0 aliphatic rings. The summed E-state index contributed by atoms with van der Waals surface area (Å²) in [5.74, 6) is 0. The molecule has 0 radical (unpaired) electrons. The van der Waals surface area contributed by atoms with E-state index in [1.807, 2.05) is 0 Å². The summed E-state index contributed by atoms with van der Waals surface area (Å²) in [4.78, 5) is 0. The van der Waals surface area contributed by atoms with Gasteiger partial charge in [0, 0.05) is 0 Å². The monoisotopic (exact) mass is 214 g/mol. The smallest absolute Gasteiger partial charge is 0.00941 e. The van der Waals surface area contributed by atoms with E-state index < -0.39 is 0 Å². The van der Waals surface area contributed by atoms with Crippen molar-refractivity contribution in [2.45, 2.75) is 40.5 Å². The predicted molar refractivity (Wildman–Crippen MR) is 72.8 cm³/mol. The minimum absolute atomic E-state index is 1.03. The van der Waals surface area contributed by atoms with Crippen LogP contribution in [0.1, 0.15) is 37.0 Å². The molecule has 1 aromatic carbocycles. The number of hydrogen-bond acceptors (Lipinski definition) is 0. The van der Waals surface area contributed by atoms with Crippen LogP contribution in [0, 0.1) is 13.8 Å². The van der Waals surface area contributed by atoms with Gasteiger partial charge in [0.25, 0.3) is 0 Å². The molecule has 0 bridgehead atoms. The molecule has 0 saturated carbocycles. The second-order valence-corrected chi connectivity index (χ2v) is 4.24. The van der Waals surface area contributed by atoms with Crippen LogP contribution in [-0.4, -0.2) is 0 Å². The standard InChI is InChI=1S/C16H22/c1-5-15(6-2)8-7-9-16-11-10-13(3)14(4)12-16/h5,7-8,10-12H,6,9H2,1-4H3/b8-7-,15-5-. The third-order valence-corrected chi connectivity index (χ3v) is 3.04. The van der Waals surface area contributed by atoms with E-state index in [-0.39, 0.29) is 0 Å². The summed E-state index contributed by atoms with van der Waals surface area (Å²) in [5.41, 5.74) is 5.55. The van der Waals surface area contributed by atoms with Crippen LogP contribution in [0.5, 0.6) is 0 Å². The first kappa shape index (κ1) is 12.8. The Labute approximate surface area is 99.7 Å². The van der Waals surface area contributed by atoms with Gasteiger partial charge in [0.1, 0.15) is 0 Å². The average Bonchev–Trinajstić information content (AvgIpc) is 2.29. The van der Waals surface area contributed by atoms with E-state index in [0.29, 0.717) is 0 Å². The molecule has 1 aromatic rings. The molecule has 0 aromatic heterocycles. The third kappa shape index (κ3) is 3.69. The van der Waals surface area contributed by atoms with Crippen LogP contribution in [0.15, 0.2) is 42.0 Å². The SMILES string of the molecule is C/C=C(\C=C/Cc1ccc(C)c(C)c1)CC. The fourth-order valence-electron chi connectivity index (χ4n) is 1.70. The van der Waals surface area contributed by atoms with Gasteiger partial charge in [0.15, 0.2) is 0 Å². The van der Waals surface area contributed by atoms with Crippen LogP contribution in [0.2, 0.25) is 0 Å². The molecule has 0 heterocycles. The van der Waals surface area contributed by atoms with E-state index in [9.17, 15) is 0 Å². The van der Waals surface area contributed by atoms with E-state index >= 15 is 0 Å². The molecule has 0 heteroatoms. The molecular weight excluding hydrogens is 192 g/mol. The Bertz CT molecular complexity index is 394. The minimum atomic E-state index is 1.03. The third-order valence-electron chi connectivity index (χ3n) is 3.04. The van der Waals surface area contributed by atoms with Crippen LogP contribution in [0.4, 0.5) is 0 Å². The maximum atomic E-state index is 2.28. The number of benzene rings is 1. The topological polar surface area (TPSA) is 0 Å². The van der Waals surface area contributed by atoms with Crippen LogP contribution in [0.25, 0.3) is 0 Å². The number of rotatable bonds is 4. The van der Waals surface area contributed by atoms with Gasteiger partial charge in [-0.25, -0.2) is 0 Å². The molecule has 0 saturated heterocycles. The Kier molecular flexibility index (Phi) is 5.04. The largest absolute Gasteiger partial charge is 0.0845 e. The summed E-state index contributed by atoms with van der Waals surface area (Å²) >= 11 is 0. The normalized spacial score (nSPS) is 12.4. The van der Waals surface area contributed by atoms with Crippen molar-refractivity contribution in [2.24, 2.45) is 0 Å². The van der Waals surface area contributed by atoms with Crippen molar-refractivity contribution in [3.05, 3.63) is 58.7 Å². The van der Waals surface area contributed by atoms with Gasteiger partial charge in [-0.15, -0.1) is 0 Å². The molecule has 0 aliphatic heterocycles. The van der Waals surface area contributed by atoms with Crippen LogP contribution < -0.4 is 0 Å². The van der Waals surface area contributed by atoms with Gasteiger partial charge < -0.3 is 0 Å². The Hall–Kier alpha value is -1.30. The number of allylic oxidation sites excluding steroid dienone is 4. The van der Waals surface area contributed by atoms with Crippen molar-refractivity contribution in [1.82, 2.24) is 0 Å². The molecule has 0 N–H and O–H groups in total. The zero-order valence-corrected chi connectivity index (χ0v) is 10.9. The quantitative estimate of drug-likeness (QED) is 0.634. The van der Waals surface area contributed by atoms with Crippen LogP contribution >= 0.6 is 0 Å². The molecule has 0 spiro atoms. The maximum absolute atomic E-state index is 2.28. The summed E-state index contributed by atoms with van der Waals surface area (Å²) in [6.45, 7) is 8.62. The van der Waals surface area contributed by atoms with Crippen LogP contribution in [-0.2, 0) is 6.42 Å². The van der Waals surface area contributed by atoms with Gasteiger partial charge >= 0.3 is 0 Å². The molecule has 0 aliphatic carbocycles. The van der Waals surface area contributed by atoms with Crippen molar-refractivity contribution in [1.29, 1.82) is 0 Å². The summed E-state index contributed by atoms with van der Waals surface area (Å²) in [7, 11) is 0. The van der Waals surface area contributed by atoms with Crippen molar-refractivity contribution in [2.75, 3.05) is 0 Å². The summed E-state index contributed by atoms with van der Waals surface area (Å²) in [6.07, 6.45) is 8.80. The van der Waals surface area contributed by atoms with Crippen molar-refractivity contribution < 1.29 is 0 Å². The Morgan fingerprint density at radius 2 is 1.94 bits per heavy atom. The average molecular weight is 214 g/mol. The molecule has 86 valence electrons. The molecule has 0 unspecified atom stereocenters. The molecule has 1 rings (SSSR count). The lowest BCUT2D eigenvalue weighted by atomic mass is 10.0. The van der Waals surface area contributed by atoms with E-state index in [0.717, 1.165) is 12.8 Å². The van der Waals surface area contributed by atoms with E-state index in [1.54, 1.807) is 0 Å². The second kappa shape index (κ2) is 6.32. The van der Waals surface area contributed by atoms with Gasteiger partial charge in [0.2, 0.25) is 0 Å². The summed E-state index contributed by atoms with van der Waals surface area (Å²) < 4.78 is 0. The molecule has 0 atom stereocenters. The van der Waals surface area contributed by atoms with Gasteiger partial charge in [-0.1, -0.05) is 48.9 Å².